The lowest BCUT2D eigenvalue weighted by atomic mass is 10.2. The molecule has 0 spiro atoms. The molecule has 0 aromatic heterocycles. The summed E-state index contributed by atoms with van der Waals surface area (Å²) in [7, 11) is -3.63. The standard InChI is InChI=1S/C21H26N2O5S/c1-2-27-15-5-13-22-21(24)16-28-18-8-10-19(11-9-18)29(25,26)23-14-12-17-6-3-4-7-20(17)23/h3-4,6-11H,2,5,12-16H2,1H3,(H,22,24). The zero-order chi connectivity index (χ0) is 20.7. The Labute approximate surface area is 171 Å². The summed E-state index contributed by atoms with van der Waals surface area (Å²) < 4.78 is 38.0. The molecule has 2 aromatic rings. The minimum atomic E-state index is -3.63. The van der Waals surface area contributed by atoms with Crippen molar-refractivity contribution in [1.82, 2.24) is 5.32 Å². The predicted molar refractivity (Wildman–Crippen MR) is 111 cm³/mol. The van der Waals surface area contributed by atoms with E-state index in [1.807, 2.05) is 31.2 Å². The molecule has 0 radical (unpaired) electrons. The maximum atomic E-state index is 13.0. The highest BCUT2D eigenvalue weighted by atomic mass is 32.2. The van der Waals surface area contributed by atoms with Crippen LogP contribution in [0.4, 0.5) is 5.69 Å². The fourth-order valence-electron chi connectivity index (χ4n) is 3.14. The smallest absolute Gasteiger partial charge is 0.264 e. The topological polar surface area (TPSA) is 84.9 Å². The van der Waals surface area contributed by atoms with Crippen molar-refractivity contribution >= 4 is 21.6 Å². The Morgan fingerprint density at radius 3 is 2.66 bits per heavy atom. The zero-order valence-electron chi connectivity index (χ0n) is 16.5. The summed E-state index contributed by atoms with van der Waals surface area (Å²) in [6, 6.07) is 13.7. The summed E-state index contributed by atoms with van der Waals surface area (Å²) in [4.78, 5) is 12.0. The van der Waals surface area contributed by atoms with Gasteiger partial charge in [-0.15, -0.1) is 0 Å². The fraction of sp³-hybridized carbons (Fsp3) is 0.381. The normalized spacial score (nSPS) is 13.2. The lowest BCUT2D eigenvalue weighted by Crippen LogP contribution is -2.30. The molecular weight excluding hydrogens is 392 g/mol. The number of ether oxygens (including phenoxy) is 2. The molecule has 8 heteroatoms. The average molecular weight is 419 g/mol. The molecule has 0 bridgehead atoms. The van der Waals surface area contributed by atoms with Crippen LogP contribution in [0.1, 0.15) is 18.9 Å². The number of carbonyl (C=O) groups excluding carboxylic acids is 1. The van der Waals surface area contributed by atoms with Gasteiger partial charge >= 0.3 is 0 Å². The van der Waals surface area contributed by atoms with E-state index in [4.69, 9.17) is 9.47 Å². The van der Waals surface area contributed by atoms with E-state index >= 15 is 0 Å². The van der Waals surface area contributed by atoms with E-state index in [-0.39, 0.29) is 17.4 Å². The molecular formula is C21H26N2O5S. The number of anilines is 1. The number of nitrogens with one attached hydrogen (secondary N) is 1. The van der Waals surface area contributed by atoms with E-state index in [2.05, 4.69) is 5.32 Å². The zero-order valence-corrected chi connectivity index (χ0v) is 17.3. The SMILES string of the molecule is CCOCCCNC(=O)COc1ccc(S(=O)(=O)N2CCc3ccccc32)cc1. The first-order chi connectivity index (χ1) is 14.0. The highest BCUT2D eigenvalue weighted by molar-refractivity contribution is 7.92. The van der Waals surface area contributed by atoms with Gasteiger partial charge < -0.3 is 14.8 Å². The van der Waals surface area contributed by atoms with Crippen LogP contribution >= 0.6 is 0 Å². The molecule has 1 heterocycles. The van der Waals surface area contributed by atoms with Crippen molar-refractivity contribution in [3.05, 3.63) is 54.1 Å². The highest BCUT2D eigenvalue weighted by Gasteiger charge is 2.30. The molecule has 0 unspecified atom stereocenters. The predicted octanol–water partition coefficient (Wildman–Crippen LogP) is 2.36. The van der Waals surface area contributed by atoms with Gasteiger partial charge in [0.2, 0.25) is 0 Å². The highest BCUT2D eigenvalue weighted by Crippen LogP contribution is 2.32. The van der Waals surface area contributed by atoms with Gasteiger partial charge in [0.15, 0.2) is 6.61 Å². The van der Waals surface area contributed by atoms with Crippen molar-refractivity contribution in [2.24, 2.45) is 0 Å². The summed E-state index contributed by atoms with van der Waals surface area (Å²) in [5, 5.41) is 2.75. The minimum Gasteiger partial charge on any atom is -0.484 e. The molecule has 156 valence electrons. The maximum Gasteiger partial charge on any atom is 0.264 e. The first-order valence-corrected chi connectivity index (χ1v) is 11.1. The Balaban J connectivity index is 1.54. The summed E-state index contributed by atoms with van der Waals surface area (Å²) in [5.41, 5.74) is 1.76. The number of hydrogen-bond donors (Lipinski definition) is 1. The van der Waals surface area contributed by atoms with Crippen molar-refractivity contribution in [2.75, 3.05) is 37.2 Å². The quantitative estimate of drug-likeness (QED) is 0.599. The van der Waals surface area contributed by atoms with Crippen LogP contribution in [-0.4, -0.2) is 47.2 Å². The van der Waals surface area contributed by atoms with E-state index in [0.29, 0.717) is 38.5 Å². The van der Waals surface area contributed by atoms with Gasteiger partial charge in [-0.2, -0.15) is 0 Å². The van der Waals surface area contributed by atoms with Crippen LogP contribution in [0.25, 0.3) is 0 Å². The number of amides is 1. The molecule has 0 saturated carbocycles. The lowest BCUT2D eigenvalue weighted by Gasteiger charge is -2.19. The molecule has 1 amide bonds. The van der Waals surface area contributed by atoms with Gasteiger partial charge in [0.1, 0.15) is 5.75 Å². The van der Waals surface area contributed by atoms with Crippen molar-refractivity contribution in [3.63, 3.8) is 0 Å². The van der Waals surface area contributed by atoms with Gasteiger partial charge in [-0.1, -0.05) is 18.2 Å². The van der Waals surface area contributed by atoms with Crippen molar-refractivity contribution < 1.29 is 22.7 Å². The summed E-state index contributed by atoms with van der Waals surface area (Å²) in [6.45, 7) is 4.02. The Kier molecular flexibility index (Phi) is 7.11. The first-order valence-electron chi connectivity index (χ1n) is 9.70. The van der Waals surface area contributed by atoms with Gasteiger partial charge in [-0.3, -0.25) is 9.10 Å². The second kappa shape index (κ2) is 9.76. The van der Waals surface area contributed by atoms with Gasteiger partial charge in [0.05, 0.1) is 10.6 Å². The molecule has 1 aliphatic heterocycles. The Morgan fingerprint density at radius 2 is 1.90 bits per heavy atom. The monoisotopic (exact) mass is 418 g/mol. The number of para-hydroxylation sites is 1. The molecule has 2 aromatic carbocycles. The molecule has 0 saturated heterocycles. The molecule has 7 nitrogen and oxygen atoms in total. The molecule has 1 aliphatic rings. The van der Waals surface area contributed by atoms with Crippen LogP contribution in [0.15, 0.2) is 53.4 Å². The van der Waals surface area contributed by atoms with Crippen molar-refractivity contribution in [3.8, 4) is 5.75 Å². The number of nitrogens with zero attached hydrogens (tertiary/aromatic N) is 1. The molecule has 0 aliphatic carbocycles. The van der Waals surface area contributed by atoms with Gasteiger partial charge in [0.25, 0.3) is 15.9 Å². The second-order valence-corrected chi connectivity index (χ2v) is 8.48. The summed E-state index contributed by atoms with van der Waals surface area (Å²) >= 11 is 0. The number of rotatable bonds is 10. The lowest BCUT2D eigenvalue weighted by molar-refractivity contribution is -0.123. The number of hydrogen-bond acceptors (Lipinski definition) is 5. The largest absolute Gasteiger partial charge is 0.484 e. The number of carbonyl (C=O) groups is 1. The van der Waals surface area contributed by atoms with E-state index in [0.717, 1.165) is 17.7 Å². The first kappa shape index (κ1) is 21.1. The Bertz CT molecular complexity index is 928. The third-order valence-electron chi connectivity index (χ3n) is 4.62. The Hall–Kier alpha value is -2.58. The third kappa shape index (κ3) is 5.27. The van der Waals surface area contributed by atoms with Crippen LogP contribution in [0, 0.1) is 0 Å². The molecule has 29 heavy (non-hydrogen) atoms. The molecule has 3 rings (SSSR count). The number of benzene rings is 2. The minimum absolute atomic E-state index is 0.125. The molecule has 0 fully saturated rings. The fourth-order valence-corrected chi connectivity index (χ4v) is 4.64. The van der Waals surface area contributed by atoms with Gasteiger partial charge in [-0.25, -0.2) is 8.42 Å². The van der Waals surface area contributed by atoms with Crippen LogP contribution in [-0.2, 0) is 26.0 Å². The van der Waals surface area contributed by atoms with E-state index in [1.54, 1.807) is 12.1 Å². The van der Waals surface area contributed by atoms with Crippen LogP contribution in [0.5, 0.6) is 5.75 Å². The average Bonchev–Trinajstić information content (AvgIpc) is 3.17. The number of sulfonamides is 1. The molecule has 0 atom stereocenters. The van der Waals surface area contributed by atoms with Crippen LogP contribution < -0.4 is 14.4 Å². The summed E-state index contributed by atoms with van der Waals surface area (Å²) in [6.07, 6.45) is 1.45. The van der Waals surface area contributed by atoms with E-state index in [1.165, 1.54) is 16.4 Å². The van der Waals surface area contributed by atoms with Crippen molar-refractivity contribution in [2.45, 2.75) is 24.7 Å². The van der Waals surface area contributed by atoms with Crippen LogP contribution in [0.3, 0.4) is 0 Å². The second-order valence-electron chi connectivity index (χ2n) is 6.62. The van der Waals surface area contributed by atoms with E-state index < -0.39 is 10.0 Å². The van der Waals surface area contributed by atoms with Gasteiger partial charge in [0, 0.05) is 26.3 Å². The van der Waals surface area contributed by atoms with Crippen LogP contribution in [0.2, 0.25) is 0 Å². The van der Waals surface area contributed by atoms with E-state index in [9.17, 15) is 13.2 Å². The molecule has 1 N–H and O–H groups in total. The summed E-state index contributed by atoms with van der Waals surface area (Å²) in [5.74, 6) is 0.210. The third-order valence-corrected chi connectivity index (χ3v) is 6.45. The maximum absolute atomic E-state index is 13.0. The van der Waals surface area contributed by atoms with Crippen molar-refractivity contribution in [1.29, 1.82) is 0 Å². The van der Waals surface area contributed by atoms with Gasteiger partial charge in [-0.05, 0) is 55.7 Å². The number of fused-ring (bicyclic) bond motifs is 1. The Morgan fingerprint density at radius 1 is 1.14 bits per heavy atom.